The SMILES string of the molecule is Cc1ccc2oc(C(=O)NCC(c3cccs3)N3CCCC3)c(C)c2c1.Cl. The van der Waals surface area contributed by atoms with Crippen LogP contribution in [0.4, 0.5) is 0 Å². The molecule has 1 unspecified atom stereocenters. The molecule has 0 bridgehead atoms. The van der Waals surface area contributed by atoms with E-state index in [4.69, 9.17) is 4.42 Å². The van der Waals surface area contributed by atoms with Gasteiger partial charge in [-0.25, -0.2) is 0 Å². The van der Waals surface area contributed by atoms with Gasteiger partial charge in [0.15, 0.2) is 5.76 Å². The molecule has 0 spiro atoms. The Morgan fingerprint density at radius 2 is 2.04 bits per heavy atom. The molecule has 1 amide bonds. The number of nitrogens with one attached hydrogen (secondary N) is 1. The highest BCUT2D eigenvalue weighted by molar-refractivity contribution is 7.10. The van der Waals surface area contributed by atoms with Crippen LogP contribution in [0.25, 0.3) is 11.0 Å². The number of hydrogen-bond acceptors (Lipinski definition) is 4. The van der Waals surface area contributed by atoms with E-state index in [9.17, 15) is 4.79 Å². The first-order valence-electron chi connectivity index (χ1n) is 9.19. The van der Waals surface area contributed by atoms with Crippen molar-refractivity contribution in [3.8, 4) is 0 Å². The molecule has 3 aromatic rings. The maximum atomic E-state index is 12.8. The fraction of sp³-hybridized carbons (Fsp3) is 0.381. The first-order valence-corrected chi connectivity index (χ1v) is 10.1. The zero-order chi connectivity index (χ0) is 18.1. The lowest BCUT2D eigenvalue weighted by molar-refractivity contribution is 0.0912. The lowest BCUT2D eigenvalue weighted by atomic mass is 10.1. The molecule has 3 heterocycles. The topological polar surface area (TPSA) is 45.5 Å². The van der Waals surface area contributed by atoms with Crippen molar-refractivity contribution < 1.29 is 9.21 Å². The maximum absolute atomic E-state index is 12.8. The predicted molar refractivity (Wildman–Crippen MR) is 113 cm³/mol. The largest absolute Gasteiger partial charge is 0.451 e. The van der Waals surface area contributed by atoms with Crippen molar-refractivity contribution in [3.05, 3.63) is 57.5 Å². The molecule has 0 saturated carbocycles. The van der Waals surface area contributed by atoms with E-state index in [0.717, 1.165) is 29.6 Å². The summed E-state index contributed by atoms with van der Waals surface area (Å²) >= 11 is 1.76. The van der Waals surface area contributed by atoms with Gasteiger partial charge in [0.2, 0.25) is 0 Å². The summed E-state index contributed by atoms with van der Waals surface area (Å²) in [5.41, 5.74) is 2.85. The third-order valence-electron chi connectivity index (χ3n) is 5.21. The Labute approximate surface area is 170 Å². The van der Waals surface area contributed by atoms with Crippen LogP contribution in [0.5, 0.6) is 0 Å². The second-order valence-corrected chi connectivity index (χ2v) is 8.02. The van der Waals surface area contributed by atoms with Crippen LogP contribution in [0, 0.1) is 13.8 Å². The van der Waals surface area contributed by atoms with Crippen molar-refractivity contribution in [2.24, 2.45) is 0 Å². The number of fused-ring (bicyclic) bond motifs is 1. The summed E-state index contributed by atoms with van der Waals surface area (Å²) in [6.07, 6.45) is 2.47. The van der Waals surface area contributed by atoms with E-state index < -0.39 is 0 Å². The van der Waals surface area contributed by atoms with E-state index in [2.05, 4.69) is 33.8 Å². The van der Waals surface area contributed by atoms with E-state index in [1.54, 1.807) is 11.3 Å². The minimum atomic E-state index is -0.128. The van der Waals surface area contributed by atoms with Crippen molar-refractivity contribution in [3.63, 3.8) is 0 Å². The number of carbonyl (C=O) groups is 1. The lowest BCUT2D eigenvalue weighted by Crippen LogP contribution is -2.36. The highest BCUT2D eigenvalue weighted by Crippen LogP contribution is 2.29. The summed E-state index contributed by atoms with van der Waals surface area (Å²) in [5.74, 6) is 0.300. The van der Waals surface area contributed by atoms with Gasteiger partial charge in [-0.05, 0) is 63.4 Å². The van der Waals surface area contributed by atoms with Gasteiger partial charge in [0.05, 0.1) is 6.04 Å². The second kappa shape index (κ2) is 8.46. The Balaban J connectivity index is 0.00000210. The van der Waals surface area contributed by atoms with Crippen LogP contribution >= 0.6 is 23.7 Å². The fourth-order valence-corrected chi connectivity index (χ4v) is 4.63. The fourth-order valence-electron chi connectivity index (χ4n) is 3.76. The number of benzene rings is 1. The van der Waals surface area contributed by atoms with Crippen LogP contribution in [-0.2, 0) is 0 Å². The number of thiophene rings is 1. The second-order valence-electron chi connectivity index (χ2n) is 7.04. The van der Waals surface area contributed by atoms with E-state index in [1.165, 1.54) is 23.3 Å². The van der Waals surface area contributed by atoms with Gasteiger partial charge in [-0.3, -0.25) is 9.69 Å². The molecule has 1 atom stereocenters. The number of furan rings is 1. The van der Waals surface area contributed by atoms with Gasteiger partial charge in [-0.2, -0.15) is 0 Å². The molecule has 1 fully saturated rings. The molecule has 0 aliphatic carbocycles. The monoisotopic (exact) mass is 404 g/mol. The molecule has 144 valence electrons. The summed E-state index contributed by atoms with van der Waals surface area (Å²) in [7, 11) is 0. The molecule has 27 heavy (non-hydrogen) atoms. The average Bonchev–Trinajstić information content (AvgIpc) is 3.38. The van der Waals surface area contributed by atoms with Gasteiger partial charge < -0.3 is 9.73 Å². The maximum Gasteiger partial charge on any atom is 0.287 e. The Morgan fingerprint density at radius 3 is 2.74 bits per heavy atom. The standard InChI is InChI=1S/C21H24N2O2S.ClH/c1-14-7-8-18-16(12-14)15(2)20(25-18)21(24)22-13-17(19-6-5-11-26-19)23-9-3-4-10-23;/h5-8,11-12,17H,3-4,9-10,13H2,1-2H3,(H,22,24);1H. The van der Waals surface area contributed by atoms with Gasteiger partial charge >= 0.3 is 0 Å². The van der Waals surface area contributed by atoms with Gasteiger partial charge in [-0.15, -0.1) is 23.7 Å². The molecule has 2 aromatic heterocycles. The molecule has 4 rings (SSSR count). The van der Waals surface area contributed by atoms with Gasteiger partial charge in [0, 0.05) is 22.4 Å². The number of amides is 1. The lowest BCUT2D eigenvalue weighted by Gasteiger charge is -2.26. The van der Waals surface area contributed by atoms with Crippen molar-refractivity contribution in [2.75, 3.05) is 19.6 Å². The van der Waals surface area contributed by atoms with Crippen LogP contribution < -0.4 is 5.32 Å². The Hall–Kier alpha value is -1.82. The molecule has 6 heteroatoms. The molecule has 1 N–H and O–H groups in total. The number of carbonyl (C=O) groups excluding carboxylic acids is 1. The molecule has 0 radical (unpaired) electrons. The van der Waals surface area contributed by atoms with E-state index >= 15 is 0 Å². The van der Waals surface area contributed by atoms with Gasteiger partial charge in [-0.1, -0.05) is 17.7 Å². The van der Waals surface area contributed by atoms with Crippen LogP contribution in [0.2, 0.25) is 0 Å². The summed E-state index contributed by atoms with van der Waals surface area (Å²) in [4.78, 5) is 16.6. The smallest absolute Gasteiger partial charge is 0.287 e. The van der Waals surface area contributed by atoms with Crippen LogP contribution in [0.1, 0.15) is 45.4 Å². The number of nitrogens with zero attached hydrogens (tertiary/aromatic N) is 1. The first-order chi connectivity index (χ1) is 12.6. The third kappa shape index (κ3) is 4.05. The number of rotatable bonds is 5. The van der Waals surface area contributed by atoms with Gasteiger partial charge in [0.25, 0.3) is 5.91 Å². The first kappa shape index (κ1) is 19.9. The Morgan fingerprint density at radius 1 is 1.26 bits per heavy atom. The van der Waals surface area contributed by atoms with Crippen molar-refractivity contribution in [1.29, 1.82) is 0 Å². The zero-order valence-electron chi connectivity index (χ0n) is 15.7. The summed E-state index contributed by atoms with van der Waals surface area (Å²) in [6.45, 7) is 6.81. The molecule has 1 aliphatic rings. The molecule has 1 aromatic carbocycles. The van der Waals surface area contributed by atoms with Crippen LogP contribution in [0.3, 0.4) is 0 Å². The average molecular weight is 405 g/mol. The number of aryl methyl sites for hydroxylation is 2. The number of halogens is 1. The van der Waals surface area contributed by atoms with Crippen molar-refractivity contribution in [2.45, 2.75) is 32.7 Å². The predicted octanol–water partition coefficient (Wildman–Crippen LogP) is 5.10. The number of likely N-dealkylation sites (tertiary alicyclic amines) is 1. The minimum Gasteiger partial charge on any atom is -0.451 e. The molecule has 1 saturated heterocycles. The molecular weight excluding hydrogens is 380 g/mol. The van der Waals surface area contributed by atoms with Crippen LogP contribution in [-0.4, -0.2) is 30.4 Å². The summed E-state index contributed by atoms with van der Waals surface area (Å²) in [6, 6.07) is 10.5. The van der Waals surface area contributed by atoms with E-state index in [-0.39, 0.29) is 24.4 Å². The molecule has 1 aliphatic heterocycles. The Bertz CT molecular complexity index is 914. The zero-order valence-corrected chi connectivity index (χ0v) is 17.3. The summed E-state index contributed by atoms with van der Waals surface area (Å²) < 4.78 is 5.84. The highest BCUT2D eigenvalue weighted by Gasteiger charge is 2.26. The molecule has 4 nitrogen and oxygen atoms in total. The normalized spacial score (nSPS) is 15.6. The quantitative estimate of drug-likeness (QED) is 0.643. The molecular formula is C21H25ClN2O2S. The van der Waals surface area contributed by atoms with Gasteiger partial charge in [0.1, 0.15) is 5.58 Å². The van der Waals surface area contributed by atoms with Crippen molar-refractivity contribution >= 4 is 40.6 Å². The summed E-state index contributed by atoms with van der Waals surface area (Å²) in [5, 5.41) is 6.23. The van der Waals surface area contributed by atoms with Crippen molar-refractivity contribution in [1.82, 2.24) is 10.2 Å². The third-order valence-corrected chi connectivity index (χ3v) is 6.18. The van der Waals surface area contributed by atoms with E-state index in [1.807, 2.05) is 26.0 Å². The van der Waals surface area contributed by atoms with Crippen LogP contribution in [0.15, 0.2) is 40.1 Å². The minimum absolute atomic E-state index is 0. The van der Waals surface area contributed by atoms with E-state index in [0.29, 0.717) is 12.3 Å². The number of hydrogen-bond donors (Lipinski definition) is 1. The highest BCUT2D eigenvalue weighted by atomic mass is 35.5. The Kier molecular flexibility index (Phi) is 6.25.